The molecule has 0 aliphatic carbocycles. The molecule has 0 amide bonds. The number of rotatable bonds is 9. The molecule has 0 radical (unpaired) electrons. The lowest BCUT2D eigenvalue weighted by Gasteiger charge is -2.08. The van der Waals surface area contributed by atoms with Crippen molar-refractivity contribution in [3.05, 3.63) is 86.9 Å². The summed E-state index contributed by atoms with van der Waals surface area (Å²) in [6.45, 7) is 0.278. The van der Waals surface area contributed by atoms with Gasteiger partial charge in [-0.3, -0.25) is 4.79 Å². The van der Waals surface area contributed by atoms with Crippen molar-refractivity contribution in [3.63, 3.8) is 0 Å². The number of hydrogen-bond donors (Lipinski definition) is 3. The molecule has 2 heterocycles. The van der Waals surface area contributed by atoms with Gasteiger partial charge in [-0.05, 0) is 54.3 Å². The zero-order valence-corrected chi connectivity index (χ0v) is 19.9. The maximum absolute atomic E-state index is 14.0. The van der Waals surface area contributed by atoms with Crippen LogP contribution in [0.15, 0.2) is 64.9 Å². The number of benzene rings is 2. The number of nitrogens with two attached hydrogens (primary N) is 1. The fourth-order valence-electron chi connectivity index (χ4n) is 3.06. The summed E-state index contributed by atoms with van der Waals surface area (Å²) in [5, 5.41) is 5.06. The minimum absolute atomic E-state index is 0.0915. The van der Waals surface area contributed by atoms with E-state index in [1.165, 1.54) is 24.3 Å². The molecule has 4 rings (SSSR count). The predicted octanol–water partition coefficient (Wildman–Crippen LogP) is 4.56. The highest BCUT2D eigenvalue weighted by molar-refractivity contribution is 7.89. The van der Waals surface area contributed by atoms with Gasteiger partial charge in [0.2, 0.25) is 15.8 Å². The zero-order valence-electron chi connectivity index (χ0n) is 17.4. The highest BCUT2D eigenvalue weighted by Gasteiger charge is 2.24. The molecular formula is C22H18F2N4O3S3. The van der Waals surface area contributed by atoms with Crippen LogP contribution in [0.3, 0.4) is 0 Å². The van der Waals surface area contributed by atoms with Crippen molar-refractivity contribution in [2.45, 2.75) is 11.3 Å². The third kappa shape index (κ3) is 5.30. The van der Waals surface area contributed by atoms with E-state index >= 15 is 0 Å². The normalized spacial score (nSPS) is 11.5. The highest BCUT2D eigenvalue weighted by Crippen LogP contribution is 2.31. The number of nitrogen functional groups attached to an aromatic ring is 1. The summed E-state index contributed by atoms with van der Waals surface area (Å²) >= 11 is 2.40. The Kier molecular flexibility index (Phi) is 7.03. The topological polar surface area (TPSA) is 114 Å². The Balaban J connectivity index is 1.44. The van der Waals surface area contributed by atoms with E-state index in [1.54, 1.807) is 11.3 Å². The van der Waals surface area contributed by atoms with Gasteiger partial charge in [-0.25, -0.2) is 26.9 Å². The second-order valence-corrected chi connectivity index (χ2v) is 10.8. The number of thiazole rings is 1. The number of carbonyl (C=O) groups excluding carboxylic acids is 1. The van der Waals surface area contributed by atoms with Gasteiger partial charge in [-0.15, -0.1) is 11.3 Å². The molecule has 4 N–H and O–H groups in total. The molecule has 0 saturated carbocycles. The highest BCUT2D eigenvalue weighted by atomic mass is 32.2. The number of hydrogen-bond acceptors (Lipinski definition) is 8. The Labute approximate surface area is 202 Å². The number of nitrogens with one attached hydrogen (secondary N) is 2. The number of ketones is 1. The van der Waals surface area contributed by atoms with Gasteiger partial charge in [0.15, 0.2) is 5.13 Å². The monoisotopic (exact) mass is 520 g/mol. The fourth-order valence-corrected chi connectivity index (χ4v) is 5.66. The molecule has 0 fully saturated rings. The fraction of sp³-hybridized carbons (Fsp3) is 0.0909. The Morgan fingerprint density at radius 1 is 1.03 bits per heavy atom. The molecular weight excluding hydrogens is 502 g/mol. The quantitative estimate of drug-likeness (QED) is 0.279. The minimum atomic E-state index is -3.68. The van der Waals surface area contributed by atoms with E-state index in [0.29, 0.717) is 12.1 Å². The van der Waals surface area contributed by atoms with E-state index in [0.717, 1.165) is 34.4 Å². The second-order valence-electron chi connectivity index (χ2n) is 7.04. The van der Waals surface area contributed by atoms with E-state index in [4.69, 9.17) is 5.73 Å². The van der Waals surface area contributed by atoms with Gasteiger partial charge in [-0.1, -0.05) is 23.5 Å². The first-order valence-electron chi connectivity index (χ1n) is 9.89. The third-order valence-corrected chi connectivity index (χ3v) is 8.11. The summed E-state index contributed by atoms with van der Waals surface area (Å²) < 4.78 is 55.5. The molecule has 0 bridgehead atoms. The van der Waals surface area contributed by atoms with Gasteiger partial charge in [0.25, 0.3) is 0 Å². The third-order valence-electron chi connectivity index (χ3n) is 4.71. The standard InChI is InChI=1S/C22H18F2N4O3S3/c23-16-4-1-5-17(24)18(16)19(29)20-21(25)28-22(33-20)27-13-6-8-15(9-7-13)34(30,31)26-11-10-14-3-2-12-32-14/h1-9,12,26H,10-11,25H2,(H,27,28). The van der Waals surface area contributed by atoms with Crippen LogP contribution in [-0.2, 0) is 16.4 Å². The van der Waals surface area contributed by atoms with Crippen molar-refractivity contribution in [1.82, 2.24) is 9.71 Å². The van der Waals surface area contributed by atoms with E-state index in [1.807, 2.05) is 17.5 Å². The number of sulfonamides is 1. The Bertz CT molecular complexity index is 1400. The van der Waals surface area contributed by atoms with Crippen molar-refractivity contribution >= 4 is 55.1 Å². The number of thiophene rings is 1. The SMILES string of the molecule is Nc1nc(Nc2ccc(S(=O)(=O)NCCc3cccs3)cc2)sc1C(=O)c1c(F)cccc1F. The van der Waals surface area contributed by atoms with Crippen LogP contribution in [0.25, 0.3) is 0 Å². The lowest BCUT2D eigenvalue weighted by Crippen LogP contribution is -2.25. The summed E-state index contributed by atoms with van der Waals surface area (Å²) in [6, 6.07) is 12.9. The maximum atomic E-state index is 14.0. The summed E-state index contributed by atoms with van der Waals surface area (Å²) in [6.07, 6.45) is 0.597. The molecule has 2 aromatic heterocycles. The molecule has 12 heteroatoms. The van der Waals surface area contributed by atoms with E-state index < -0.39 is 33.0 Å². The van der Waals surface area contributed by atoms with Gasteiger partial charge in [0, 0.05) is 17.1 Å². The van der Waals surface area contributed by atoms with Crippen molar-refractivity contribution in [2.75, 3.05) is 17.6 Å². The van der Waals surface area contributed by atoms with Crippen LogP contribution in [0.5, 0.6) is 0 Å². The average molecular weight is 521 g/mol. The van der Waals surface area contributed by atoms with Crippen LogP contribution in [0.2, 0.25) is 0 Å². The Morgan fingerprint density at radius 2 is 1.74 bits per heavy atom. The maximum Gasteiger partial charge on any atom is 0.240 e. The second kappa shape index (κ2) is 9.97. The van der Waals surface area contributed by atoms with Crippen molar-refractivity contribution in [2.24, 2.45) is 0 Å². The molecule has 176 valence electrons. The molecule has 0 spiro atoms. The first-order valence-corrected chi connectivity index (χ1v) is 13.1. The molecule has 2 aromatic carbocycles. The first-order chi connectivity index (χ1) is 16.2. The predicted molar refractivity (Wildman–Crippen MR) is 129 cm³/mol. The van der Waals surface area contributed by atoms with Gasteiger partial charge >= 0.3 is 0 Å². The molecule has 4 aromatic rings. The summed E-state index contributed by atoms with van der Waals surface area (Å²) in [7, 11) is -3.68. The van der Waals surface area contributed by atoms with Crippen molar-refractivity contribution < 1.29 is 22.0 Å². The molecule has 0 atom stereocenters. The Morgan fingerprint density at radius 3 is 2.38 bits per heavy atom. The van der Waals surface area contributed by atoms with Crippen LogP contribution in [-0.4, -0.2) is 25.7 Å². The Hall–Kier alpha value is -3.19. The van der Waals surface area contributed by atoms with Crippen LogP contribution in [0.1, 0.15) is 20.1 Å². The van der Waals surface area contributed by atoms with Gasteiger partial charge in [0.1, 0.15) is 22.3 Å². The number of halogens is 2. The smallest absolute Gasteiger partial charge is 0.240 e. The largest absolute Gasteiger partial charge is 0.382 e. The number of anilines is 3. The van der Waals surface area contributed by atoms with Gasteiger partial charge in [0.05, 0.1) is 10.5 Å². The molecule has 7 nitrogen and oxygen atoms in total. The van der Waals surface area contributed by atoms with Crippen LogP contribution in [0, 0.1) is 11.6 Å². The van der Waals surface area contributed by atoms with E-state index in [-0.39, 0.29) is 27.3 Å². The summed E-state index contributed by atoms with van der Waals surface area (Å²) in [5.41, 5.74) is 5.59. The van der Waals surface area contributed by atoms with Crippen molar-refractivity contribution in [3.8, 4) is 0 Å². The number of nitrogens with zero attached hydrogens (tertiary/aromatic N) is 1. The minimum Gasteiger partial charge on any atom is -0.382 e. The lowest BCUT2D eigenvalue weighted by molar-refractivity contribution is 0.103. The van der Waals surface area contributed by atoms with Crippen LogP contribution < -0.4 is 15.8 Å². The first kappa shape index (κ1) is 24.0. The average Bonchev–Trinajstić information content (AvgIpc) is 3.43. The van der Waals surface area contributed by atoms with Crippen LogP contribution in [0.4, 0.5) is 25.4 Å². The number of aromatic nitrogens is 1. The molecule has 34 heavy (non-hydrogen) atoms. The van der Waals surface area contributed by atoms with Crippen LogP contribution >= 0.6 is 22.7 Å². The zero-order chi connectivity index (χ0) is 24.3. The van der Waals surface area contributed by atoms with E-state index in [2.05, 4.69) is 15.0 Å². The number of carbonyl (C=O) groups is 1. The molecule has 0 aliphatic heterocycles. The van der Waals surface area contributed by atoms with Gasteiger partial charge in [-0.2, -0.15) is 0 Å². The van der Waals surface area contributed by atoms with Crippen molar-refractivity contribution in [1.29, 1.82) is 0 Å². The molecule has 0 unspecified atom stereocenters. The summed E-state index contributed by atoms with van der Waals surface area (Å²) in [4.78, 5) is 17.7. The molecule has 0 saturated heterocycles. The van der Waals surface area contributed by atoms with Gasteiger partial charge < -0.3 is 11.1 Å². The van der Waals surface area contributed by atoms with E-state index in [9.17, 15) is 22.0 Å². The summed E-state index contributed by atoms with van der Waals surface area (Å²) in [5.74, 6) is -3.07. The lowest BCUT2D eigenvalue weighted by atomic mass is 10.1. The molecule has 0 aliphatic rings.